The predicted molar refractivity (Wildman–Crippen MR) is 174 cm³/mol. The van der Waals surface area contributed by atoms with Crippen molar-refractivity contribution in [1.82, 2.24) is 10.2 Å². The third-order valence-corrected chi connectivity index (χ3v) is 9.15. The van der Waals surface area contributed by atoms with Crippen molar-refractivity contribution in [2.45, 2.75) is 143 Å². The number of nitrogens with one attached hydrogen (secondary N) is 1. The van der Waals surface area contributed by atoms with Gasteiger partial charge in [0.05, 0.1) is 24.7 Å². The van der Waals surface area contributed by atoms with Crippen LogP contribution in [0.25, 0.3) is 0 Å². The standard InChI is InChI=1S/C35H62N2O7/c1-12-30-23(4)17-21(2)13-14-28(38)22(3)18-26(15-16-36-35(7,8)9)33(25(6)29(39)20-31(40)43-30)44-34-32(41)27(37(10)11)19-24(5)42-34/h13-14,17,22-27,29-30,32-34,36,39,41H,12,15-16,18-20H2,1-11H3/b14-13+,21-17+/t22-,23+,24-,25+,26+,27+,29?,30-,32-,33-,34+/m1/s1. The molecule has 9 heteroatoms. The van der Waals surface area contributed by atoms with Gasteiger partial charge in [0.2, 0.25) is 0 Å². The Hall–Kier alpha value is -1.62. The van der Waals surface area contributed by atoms with Gasteiger partial charge in [-0.1, -0.05) is 45.4 Å². The van der Waals surface area contributed by atoms with E-state index in [1.165, 1.54) is 0 Å². The molecule has 2 heterocycles. The number of rotatable bonds is 7. The van der Waals surface area contributed by atoms with E-state index in [0.29, 0.717) is 32.2 Å². The Morgan fingerprint density at radius 2 is 1.73 bits per heavy atom. The van der Waals surface area contributed by atoms with Crippen molar-refractivity contribution in [3.05, 3.63) is 23.8 Å². The largest absolute Gasteiger partial charge is 0.462 e. The molecule has 0 aromatic heterocycles. The second-order valence-electron chi connectivity index (χ2n) is 14.6. The highest BCUT2D eigenvalue weighted by molar-refractivity contribution is 5.91. The van der Waals surface area contributed by atoms with Gasteiger partial charge in [-0.15, -0.1) is 0 Å². The molecule has 0 spiro atoms. The third kappa shape index (κ3) is 12.0. The molecule has 2 aliphatic rings. The molecule has 1 fully saturated rings. The summed E-state index contributed by atoms with van der Waals surface area (Å²) >= 11 is 0. The minimum atomic E-state index is -1.06. The van der Waals surface area contributed by atoms with Crippen LogP contribution in [0.5, 0.6) is 0 Å². The lowest BCUT2D eigenvalue weighted by Crippen LogP contribution is -2.56. The van der Waals surface area contributed by atoms with Crippen molar-refractivity contribution < 1.29 is 34.0 Å². The lowest BCUT2D eigenvalue weighted by atomic mass is 9.79. The van der Waals surface area contributed by atoms with Gasteiger partial charge in [0.15, 0.2) is 12.1 Å². The highest BCUT2D eigenvalue weighted by atomic mass is 16.7. The van der Waals surface area contributed by atoms with Crippen LogP contribution in [0.3, 0.4) is 0 Å². The van der Waals surface area contributed by atoms with Crippen LogP contribution in [0, 0.1) is 23.7 Å². The van der Waals surface area contributed by atoms with E-state index in [2.05, 4.69) is 26.1 Å². The van der Waals surface area contributed by atoms with Crippen molar-refractivity contribution >= 4 is 11.8 Å². The smallest absolute Gasteiger partial charge is 0.308 e. The summed E-state index contributed by atoms with van der Waals surface area (Å²) in [6, 6.07) is -0.166. The topological polar surface area (TPSA) is 118 Å². The molecule has 44 heavy (non-hydrogen) atoms. The van der Waals surface area contributed by atoms with Gasteiger partial charge >= 0.3 is 5.97 Å². The van der Waals surface area contributed by atoms with Crippen LogP contribution in [-0.2, 0) is 23.8 Å². The van der Waals surface area contributed by atoms with Crippen LogP contribution in [0.15, 0.2) is 23.8 Å². The summed E-state index contributed by atoms with van der Waals surface area (Å²) < 4.78 is 18.7. The Balaban J connectivity index is 2.54. The van der Waals surface area contributed by atoms with Crippen LogP contribution >= 0.6 is 0 Å². The molecule has 0 radical (unpaired) electrons. The number of likely N-dealkylation sites (N-methyl/N-ethyl adjacent to an activating group) is 1. The van der Waals surface area contributed by atoms with Gasteiger partial charge < -0.3 is 34.6 Å². The van der Waals surface area contributed by atoms with E-state index < -0.39 is 36.5 Å². The first-order chi connectivity index (χ1) is 20.4. The molecule has 9 nitrogen and oxygen atoms in total. The number of esters is 1. The molecule has 3 N–H and O–H groups in total. The fraction of sp³-hybridized carbons (Fsp3) is 0.829. The first kappa shape index (κ1) is 38.6. The summed E-state index contributed by atoms with van der Waals surface area (Å²) in [4.78, 5) is 28.5. The minimum absolute atomic E-state index is 0.0203. The summed E-state index contributed by atoms with van der Waals surface area (Å²) in [5, 5.41) is 26.4. The number of aliphatic hydroxyl groups excluding tert-OH is 2. The van der Waals surface area contributed by atoms with Crippen molar-refractivity contribution in [1.29, 1.82) is 0 Å². The highest BCUT2D eigenvalue weighted by Gasteiger charge is 2.43. The molecular formula is C35H62N2O7. The number of hydrogen-bond acceptors (Lipinski definition) is 9. The lowest BCUT2D eigenvalue weighted by Gasteiger charge is -2.44. The Morgan fingerprint density at radius 3 is 2.32 bits per heavy atom. The SMILES string of the molecule is CC[C@H]1OC(=O)CC(O)[C@H](C)[C@@H](O[C@@H]2O[C@H](C)C[C@H](N(C)C)[C@H]2O)[C@@H](CCNC(C)(C)C)C[C@@H](C)C(=O)/C=C/C(C)=C/[C@@H]1C. The minimum Gasteiger partial charge on any atom is -0.462 e. The third-order valence-electron chi connectivity index (χ3n) is 9.15. The fourth-order valence-corrected chi connectivity index (χ4v) is 6.40. The van der Waals surface area contributed by atoms with E-state index in [1.54, 1.807) is 6.08 Å². The van der Waals surface area contributed by atoms with Gasteiger partial charge in [-0.2, -0.15) is 0 Å². The van der Waals surface area contributed by atoms with Gasteiger partial charge in [-0.25, -0.2) is 0 Å². The molecule has 0 bridgehead atoms. The lowest BCUT2D eigenvalue weighted by molar-refractivity contribution is -0.283. The van der Waals surface area contributed by atoms with E-state index >= 15 is 0 Å². The molecule has 0 aromatic carbocycles. The van der Waals surface area contributed by atoms with E-state index in [-0.39, 0.29) is 53.7 Å². The first-order valence-corrected chi connectivity index (χ1v) is 16.6. The number of cyclic esters (lactones) is 1. The molecule has 1 unspecified atom stereocenters. The van der Waals surface area contributed by atoms with Crippen LogP contribution in [-0.4, -0.2) is 95.9 Å². The van der Waals surface area contributed by atoms with Crippen LogP contribution in [0.2, 0.25) is 0 Å². The summed E-state index contributed by atoms with van der Waals surface area (Å²) in [5.74, 6) is -1.50. The zero-order valence-electron chi connectivity index (χ0n) is 29.2. The molecule has 254 valence electrons. The highest BCUT2D eigenvalue weighted by Crippen LogP contribution is 2.34. The Bertz CT molecular complexity index is 975. The van der Waals surface area contributed by atoms with Gasteiger partial charge in [-0.05, 0) is 92.9 Å². The second kappa shape index (κ2) is 17.3. The van der Waals surface area contributed by atoms with Crippen LogP contribution in [0.1, 0.15) is 94.4 Å². The monoisotopic (exact) mass is 622 g/mol. The van der Waals surface area contributed by atoms with Crippen molar-refractivity contribution in [3.63, 3.8) is 0 Å². The van der Waals surface area contributed by atoms with Crippen molar-refractivity contribution in [2.24, 2.45) is 23.7 Å². The number of hydrogen-bond donors (Lipinski definition) is 3. The molecule has 1 saturated heterocycles. The summed E-state index contributed by atoms with van der Waals surface area (Å²) in [7, 11) is 3.85. The number of nitrogens with zero attached hydrogens (tertiary/aromatic N) is 1. The second-order valence-corrected chi connectivity index (χ2v) is 14.6. The Kier molecular flexibility index (Phi) is 15.2. The van der Waals surface area contributed by atoms with Gasteiger partial charge in [0, 0.05) is 29.3 Å². The van der Waals surface area contributed by atoms with Crippen molar-refractivity contribution in [2.75, 3.05) is 20.6 Å². The van der Waals surface area contributed by atoms with Gasteiger partial charge in [0.1, 0.15) is 12.2 Å². The Labute approximate surface area is 266 Å². The molecule has 0 aromatic rings. The van der Waals surface area contributed by atoms with Crippen LogP contribution in [0.4, 0.5) is 0 Å². The van der Waals surface area contributed by atoms with Crippen molar-refractivity contribution in [3.8, 4) is 0 Å². The normalized spacial score (nSPS) is 39.0. The maximum atomic E-state index is 13.4. The number of aliphatic hydroxyl groups is 2. The van der Waals surface area contributed by atoms with E-state index in [0.717, 1.165) is 5.57 Å². The maximum absolute atomic E-state index is 13.4. The predicted octanol–water partition coefficient (Wildman–Crippen LogP) is 4.65. The molecule has 0 amide bonds. The van der Waals surface area contributed by atoms with Crippen LogP contribution < -0.4 is 5.32 Å². The Morgan fingerprint density at radius 1 is 1.07 bits per heavy atom. The molecular weight excluding hydrogens is 560 g/mol. The van der Waals surface area contributed by atoms with E-state index in [9.17, 15) is 19.8 Å². The average Bonchev–Trinajstić information content (AvgIpc) is 2.92. The number of carbonyl (C=O) groups excluding carboxylic acids is 2. The molecule has 0 aliphatic carbocycles. The number of carbonyl (C=O) groups is 2. The molecule has 0 saturated carbocycles. The van der Waals surface area contributed by atoms with E-state index in [4.69, 9.17) is 14.2 Å². The quantitative estimate of drug-likeness (QED) is 0.349. The molecule has 2 aliphatic heterocycles. The fourth-order valence-electron chi connectivity index (χ4n) is 6.40. The summed E-state index contributed by atoms with van der Waals surface area (Å²) in [6.45, 7) is 18.6. The first-order valence-electron chi connectivity index (χ1n) is 16.6. The molecule has 11 atom stereocenters. The maximum Gasteiger partial charge on any atom is 0.308 e. The number of ketones is 1. The number of ether oxygens (including phenoxy) is 3. The van der Waals surface area contributed by atoms with Gasteiger partial charge in [0.25, 0.3) is 0 Å². The number of allylic oxidation sites excluding steroid dienone is 3. The van der Waals surface area contributed by atoms with Gasteiger partial charge in [-0.3, -0.25) is 9.59 Å². The zero-order valence-corrected chi connectivity index (χ0v) is 29.2. The average molecular weight is 623 g/mol. The van der Waals surface area contributed by atoms with E-state index in [1.807, 2.05) is 72.7 Å². The summed E-state index contributed by atoms with van der Waals surface area (Å²) in [6.07, 6.45) is 3.76. The molecule has 2 rings (SSSR count). The summed E-state index contributed by atoms with van der Waals surface area (Å²) in [5.41, 5.74) is 0.815. The zero-order chi connectivity index (χ0) is 33.4.